The molecule has 10 heteroatoms. The standard InChI is InChI=1S/C28H32F4N2O4/c1-16-11-19(14-20(12-16)28(30,31)32)18(3)33(4)27(38)23-9-10-34(25(35)7-8-26(36)37)15-24(23)22-6-5-21(29)13-17(22)2/h5-6,11-14,18,23-24H,7-10,15H2,1-4H3,(H,36,37)/t18-,23-,24+/m0/s1. The lowest BCUT2D eigenvalue weighted by Crippen LogP contribution is -2.48. The Morgan fingerprint density at radius 3 is 2.39 bits per heavy atom. The summed E-state index contributed by atoms with van der Waals surface area (Å²) in [6, 6.07) is 7.28. The predicted molar refractivity (Wildman–Crippen MR) is 133 cm³/mol. The van der Waals surface area contributed by atoms with E-state index in [4.69, 9.17) is 5.11 Å². The van der Waals surface area contributed by atoms with E-state index < -0.39 is 41.4 Å². The summed E-state index contributed by atoms with van der Waals surface area (Å²) in [5.74, 6) is -3.27. The summed E-state index contributed by atoms with van der Waals surface area (Å²) < 4.78 is 54.0. The highest BCUT2D eigenvalue weighted by Crippen LogP contribution is 2.38. The molecule has 1 aliphatic heterocycles. The fourth-order valence-corrected chi connectivity index (χ4v) is 5.11. The number of benzene rings is 2. The van der Waals surface area contributed by atoms with Gasteiger partial charge in [-0.05, 0) is 68.1 Å². The molecule has 2 amide bonds. The molecule has 1 aliphatic rings. The number of nitrogens with zero attached hydrogens (tertiary/aromatic N) is 2. The van der Waals surface area contributed by atoms with E-state index in [1.165, 1.54) is 21.9 Å². The Labute approximate surface area is 219 Å². The molecule has 0 radical (unpaired) electrons. The molecule has 2 aromatic rings. The summed E-state index contributed by atoms with van der Waals surface area (Å²) in [4.78, 5) is 40.3. The molecule has 2 aromatic carbocycles. The molecule has 0 aromatic heterocycles. The molecule has 1 heterocycles. The Kier molecular flexibility index (Phi) is 8.84. The maximum atomic E-state index is 13.8. The summed E-state index contributed by atoms with van der Waals surface area (Å²) in [7, 11) is 1.54. The number of piperidine rings is 1. The highest BCUT2D eigenvalue weighted by Gasteiger charge is 2.40. The van der Waals surface area contributed by atoms with Gasteiger partial charge in [0, 0.05) is 38.4 Å². The van der Waals surface area contributed by atoms with E-state index in [0.29, 0.717) is 22.3 Å². The van der Waals surface area contributed by atoms with Gasteiger partial charge in [0.1, 0.15) is 5.82 Å². The van der Waals surface area contributed by atoms with Crippen molar-refractivity contribution in [2.75, 3.05) is 20.1 Å². The number of likely N-dealkylation sites (tertiary alicyclic amines) is 1. The molecule has 1 fully saturated rings. The predicted octanol–water partition coefficient (Wildman–Crippen LogP) is 5.48. The SMILES string of the molecule is Cc1cc([C@H](C)N(C)C(=O)[C@H]2CCN(C(=O)CCC(=O)O)C[C@@H]2c2ccc(F)cc2C)cc(C(F)(F)F)c1. The first-order valence-corrected chi connectivity index (χ1v) is 12.4. The molecule has 0 saturated carbocycles. The van der Waals surface area contributed by atoms with Gasteiger partial charge >= 0.3 is 12.1 Å². The zero-order valence-corrected chi connectivity index (χ0v) is 21.8. The number of rotatable bonds is 7. The third-order valence-corrected chi connectivity index (χ3v) is 7.30. The largest absolute Gasteiger partial charge is 0.481 e. The number of carbonyl (C=O) groups excluding carboxylic acids is 2. The first-order valence-electron chi connectivity index (χ1n) is 12.4. The van der Waals surface area contributed by atoms with Crippen LogP contribution in [0.1, 0.15) is 66.0 Å². The van der Waals surface area contributed by atoms with Crippen molar-refractivity contribution in [3.8, 4) is 0 Å². The summed E-state index contributed by atoms with van der Waals surface area (Å²) in [6.07, 6.45) is -4.73. The van der Waals surface area contributed by atoms with E-state index in [9.17, 15) is 31.9 Å². The van der Waals surface area contributed by atoms with Gasteiger partial charge < -0.3 is 14.9 Å². The van der Waals surface area contributed by atoms with Crippen LogP contribution in [0, 0.1) is 25.6 Å². The van der Waals surface area contributed by atoms with Crippen molar-refractivity contribution in [3.63, 3.8) is 0 Å². The lowest BCUT2D eigenvalue weighted by atomic mass is 9.78. The number of hydrogen-bond donors (Lipinski definition) is 1. The number of carboxylic acid groups (broad SMARTS) is 1. The van der Waals surface area contributed by atoms with Gasteiger partial charge in [0.25, 0.3) is 0 Å². The summed E-state index contributed by atoms with van der Waals surface area (Å²) in [5, 5.41) is 8.93. The van der Waals surface area contributed by atoms with Gasteiger partial charge in [-0.1, -0.05) is 17.7 Å². The first-order chi connectivity index (χ1) is 17.7. The lowest BCUT2D eigenvalue weighted by molar-refractivity contribution is -0.144. The van der Waals surface area contributed by atoms with Crippen molar-refractivity contribution < 1.29 is 37.1 Å². The van der Waals surface area contributed by atoms with E-state index in [0.717, 1.165) is 12.1 Å². The molecule has 3 atom stereocenters. The Bertz CT molecular complexity index is 1210. The van der Waals surface area contributed by atoms with Crippen LogP contribution in [0.15, 0.2) is 36.4 Å². The normalized spacial score (nSPS) is 18.7. The average Bonchev–Trinajstić information content (AvgIpc) is 2.84. The van der Waals surface area contributed by atoms with E-state index in [1.807, 2.05) is 0 Å². The van der Waals surface area contributed by atoms with Crippen LogP contribution in [0.4, 0.5) is 17.6 Å². The molecule has 3 rings (SSSR count). The molecule has 1 saturated heterocycles. The molecular formula is C28H32F4N2O4. The van der Waals surface area contributed by atoms with Crippen LogP contribution in [-0.4, -0.2) is 52.8 Å². The van der Waals surface area contributed by atoms with Gasteiger partial charge in [0.05, 0.1) is 18.0 Å². The van der Waals surface area contributed by atoms with Crippen molar-refractivity contribution in [1.82, 2.24) is 9.80 Å². The monoisotopic (exact) mass is 536 g/mol. The quantitative estimate of drug-likeness (QED) is 0.476. The molecule has 0 bridgehead atoms. The van der Waals surface area contributed by atoms with Crippen molar-refractivity contribution in [1.29, 1.82) is 0 Å². The minimum Gasteiger partial charge on any atom is -0.481 e. The van der Waals surface area contributed by atoms with Crippen molar-refractivity contribution in [2.24, 2.45) is 5.92 Å². The third kappa shape index (κ3) is 6.71. The topological polar surface area (TPSA) is 77.9 Å². The van der Waals surface area contributed by atoms with Crippen LogP contribution >= 0.6 is 0 Å². The second kappa shape index (κ2) is 11.5. The maximum absolute atomic E-state index is 13.8. The van der Waals surface area contributed by atoms with Gasteiger partial charge in [0.15, 0.2) is 0 Å². The highest BCUT2D eigenvalue weighted by atomic mass is 19.4. The number of carboxylic acids is 1. The van der Waals surface area contributed by atoms with Crippen LogP contribution < -0.4 is 0 Å². The highest BCUT2D eigenvalue weighted by molar-refractivity contribution is 5.83. The zero-order valence-electron chi connectivity index (χ0n) is 21.8. The Hall–Kier alpha value is -3.43. The van der Waals surface area contributed by atoms with Crippen molar-refractivity contribution >= 4 is 17.8 Å². The minimum absolute atomic E-state index is 0.145. The Morgan fingerprint density at radius 2 is 1.79 bits per heavy atom. The van der Waals surface area contributed by atoms with Crippen LogP contribution in [0.3, 0.4) is 0 Å². The van der Waals surface area contributed by atoms with Crippen LogP contribution in [0.2, 0.25) is 0 Å². The Balaban J connectivity index is 1.90. The van der Waals surface area contributed by atoms with Crippen LogP contribution in [0.5, 0.6) is 0 Å². The van der Waals surface area contributed by atoms with Crippen molar-refractivity contribution in [2.45, 2.75) is 58.2 Å². The van der Waals surface area contributed by atoms with Gasteiger partial charge in [-0.2, -0.15) is 13.2 Å². The summed E-state index contributed by atoms with van der Waals surface area (Å²) >= 11 is 0. The summed E-state index contributed by atoms with van der Waals surface area (Å²) in [5.41, 5.74) is 1.29. The van der Waals surface area contributed by atoms with Gasteiger partial charge in [-0.15, -0.1) is 0 Å². The number of amides is 2. The Morgan fingerprint density at radius 1 is 1.11 bits per heavy atom. The number of aliphatic carboxylic acids is 1. The second-order valence-electron chi connectivity index (χ2n) is 9.99. The average molecular weight is 537 g/mol. The lowest BCUT2D eigenvalue weighted by Gasteiger charge is -2.41. The molecule has 206 valence electrons. The number of halogens is 4. The number of hydrogen-bond acceptors (Lipinski definition) is 3. The smallest absolute Gasteiger partial charge is 0.416 e. The first kappa shape index (κ1) is 29.1. The molecule has 0 unspecified atom stereocenters. The van der Waals surface area contributed by atoms with Gasteiger partial charge in [0.2, 0.25) is 11.8 Å². The maximum Gasteiger partial charge on any atom is 0.416 e. The van der Waals surface area contributed by atoms with Gasteiger partial charge in [-0.25, -0.2) is 4.39 Å². The number of aryl methyl sites for hydroxylation is 2. The molecule has 38 heavy (non-hydrogen) atoms. The van der Waals surface area contributed by atoms with E-state index in [-0.39, 0.29) is 44.2 Å². The van der Waals surface area contributed by atoms with Gasteiger partial charge in [-0.3, -0.25) is 14.4 Å². The molecule has 1 N–H and O–H groups in total. The number of alkyl halides is 3. The molecule has 0 spiro atoms. The third-order valence-electron chi connectivity index (χ3n) is 7.30. The van der Waals surface area contributed by atoms with E-state index in [1.54, 1.807) is 40.0 Å². The van der Waals surface area contributed by atoms with E-state index in [2.05, 4.69) is 0 Å². The molecule has 6 nitrogen and oxygen atoms in total. The fourth-order valence-electron chi connectivity index (χ4n) is 5.11. The molecular weight excluding hydrogens is 504 g/mol. The van der Waals surface area contributed by atoms with Crippen LogP contribution in [0.25, 0.3) is 0 Å². The fraction of sp³-hybridized carbons (Fsp3) is 0.464. The molecule has 0 aliphatic carbocycles. The number of carbonyl (C=O) groups is 3. The minimum atomic E-state index is -4.52. The summed E-state index contributed by atoms with van der Waals surface area (Å²) in [6.45, 7) is 5.32. The zero-order chi connectivity index (χ0) is 28.4. The van der Waals surface area contributed by atoms with Crippen LogP contribution in [-0.2, 0) is 20.6 Å². The van der Waals surface area contributed by atoms with E-state index >= 15 is 0 Å². The van der Waals surface area contributed by atoms with Crippen molar-refractivity contribution in [3.05, 3.63) is 70.0 Å². The second-order valence-corrected chi connectivity index (χ2v) is 9.99.